The summed E-state index contributed by atoms with van der Waals surface area (Å²) in [5.41, 5.74) is 2.43. The Morgan fingerprint density at radius 2 is 1.68 bits per heavy atom. The van der Waals surface area contributed by atoms with Gasteiger partial charge in [-0.05, 0) is 44.4 Å². The van der Waals surface area contributed by atoms with Crippen LogP contribution in [0.25, 0.3) is 0 Å². The van der Waals surface area contributed by atoms with E-state index in [9.17, 15) is 0 Å². The van der Waals surface area contributed by atoms with Gasteiger partial charge in [-0.2, -0.15) is 0 Å². The summed E-state index contributed by atoms with van der Waals surface area (Å²) in [4.78, 5) is 0. The Labute approximate surface area is 117 Å². The van der Waals surface area contributed by atoms with Crippen molar-refractivity contribution in [3.63, 3.8) is 0 Å². The van der Waals surface area contributed by atoms with Crippen LogP contribution < -0.4 is 10.1 Å². The molecule has 0 fully saturated rings. The van der Waals surface area contributed by atoms with E-state index in [0.29, 0.717) is 6.54 Å². The fourth-order valence-corrected chi connectivity index (χ4v) is 2.11. The molecule has 0 bridgehead atoms. The second-order valence-corrected chi connectivity index (χ2v) is 4.96. The third-order valence-corrected chi connectivity index (χ3v) is 3.19. The molecule has 0 aliphatic rings. The highest BCUT2D eigenvalue weighted by molar-refractivity contribution is 5.39. The number of benzene rings is 1. The predicted octanol–water partition coefficient (Wildman–Crippen LogP) is 2.82. The smallest absolute Gasteiger partial charge is 0.125 e. The molecule has 0 aromatic heterocycles. The zero-order chi connectivity index (χ0) is 13.9. The summed E-state index contributed by atoms with van der Waals surface area (Å²) in [5.74, 6) is 1.05. The first-order chi connectivity index (χ1) is 9.25. The number of aryl methyl sites for hydroxylation is 2. The Morgan fingerprint density at radius 1 is 1.00 bits per heavy atom. The van der Waals surface area contributed by atoms with Crippen molar-refractivity contribution >= 4 is 0 Å². The molecule has 0 saturated carbocycles. The minimum atomic E-state index is 0.226. The van der Waals surface area contributed by atoms with E-state index in [-0.39, 0.29) is 6.61 Å². The minimum Gasteiger partial charge on any atom is -0.493 e. The topological polar surface area (TPSA) is 41.5 Å². The lowest BCUT2D eigenvalue weighted by Gasteiger charge is -2.11. The molecule has 2 N–H and O–H groups in total. The number of aliphatic hydroxyl groups is 1. The second kappa shape index (κ2) is 9.82. The highest BCUT2D eigenvalue weighted by Crippen LogP contribution is 2.22. The van der Waals surface area contributed by atoms with Crippen molar-refractivity contribution in [2.45, 2.75) is 39.5 Å². The van der Waals surface area contributed by atoms with E-state index < -0.39 is 0 Å². The van der Waals surface area contributed by atoms with Gasteiger partial charge in [0.15, 0.2) is 0 Å². The van der Waals surface area contributed by atoms with Crippen molar-refractivity contribution in [1.82, 2.24) is 5.32 Å². The molecule has 0 radical (unpaired) electrons. The molecule has 0 aliphatic heterocycles. The second-order valence-electron chi connectivity index (χ2n) is 4.96. The molecule has 0 atom stereocenters. The van der Waals surface area contributed by atoms with Gasteiger partial charge in [0.2, 0.25) is 0 Å². The third-order valence-electron chi connectivity index (χ3n) is 3.19. The molecular formula is C16H27NO2. The molecule has 3 heteroatoms. The standard InChI is InChI=1S/C16H27NO2/c1-14-8-7-9-15(2)16(14)19-13-6-4-3-5-10-17-11-12-18/h7-9,17-18H,3-6,10-13H2,1-2H3. The maximum atomic E-state index is 8.61. The van der Waals surface area contributed by atoms with E-state index in [1.54, 1.807) is 0 Å². The number of aliphatic hydroxyl groups excluding tert-OH is 1. The first-order valence-electron chi connectivity index (χ1n) is 7.26. The lowest BCUT2D eigenvalue weighted by atomic mass is 10.1. The van der Waals surface area contributed by atoms with Crippen LogP contribution in [0.2, 0.25) is 0 Å². The van der Waals surface area contributed by atoms with Crippen LogP contribution in [0.5, 0.6) is 5.75 Å². The summed E-state index contributed by atoms with van der Waals surface area (Å²) in [6, 6.07) is 6.25. The van der Waals surface area contributed by atoms with Gasteiger partial charge >= 0.3 is 0 Å². The third kappa shape index (κ3) is 6.60. The molecule has 0 amide bonds. The normalized spacial score (nSPS) is 10.7. The van der Waals surface area contributed by atoms with Crippen LogP contribution >= 0.6 is 0 Å². The number of ether oxygens (including phenoxy) is 1. The van der Waals surface area contributed by atoms with Crippen LogP contribution in [0.15, 0.2) is 18.2 Å². The predicted molar refractivity (Wildman–Crippen MR) is 79.8 cm³/mol. The van der Waals surface area contributed by atoms with Gasteiger partial charge in [0.1, 0.15) is 5.75 Å². The van der Waals surface area contributed by atoms with Crippen LogP contribution in [-0.4, -0.2) is 31.4 Å². The minimum absolute atomic E-state index is 0.226. The summed E-state index contributed by atoms with van der Waals surface area (Å²) < 4.78 is 5.86. The van der Waals surface area contributed by atoms with E-state index in [4.69, 9.17) is 9.84 Å². The van der Waals surface area contributed by atoms with Crippen LogP contribution in [-0.2, 0) is 0 Å². The molecule has 3 nitrogen and oxygen atoms in total. The molecule has 0 unspecified atom stereocenters. The lowest BCUT2D eigenvalue weighted by Crippen LogP contribution is -2.19. The Bertz CT molecular complexity index is 332. The van der Waals surface area contributed by atoms with Crippen molar-refractivity contribution in [3.8, 4) is 5.75 Å². The zero-order valence-corrected chi connectivity index (χ0v) is 12.2. The van der Waals surface area contributed by atoms with Gasteiger partial charge in [-0.3, -0.25) is 0 Å². The van der Waals surface area contributed by atoms with Crippen molar-refractivity contribution < 1.29 is 9.84 Å². The molecule has 1 aromatic carbocycles. The Balaban J connectivity index is 2.05. The largest absolute Gasteiger partial charge is 0.493 e. The molecule has 0 spiro atoms. The zero-order valence-electron chi connectivity index (χ0n) is 12.2. The average molecular weight is 265 g/mol. The monoisotopic (exact) mass is 265 g/mol. The molecule has 0 saturated heterocycles. The van der Waals surface area contributed by atoms with Gasteiger partial charge < -0.3 is 15.2 Å². The summed E-state index contributed by atoms with van der Waals surface area (Å²) >= 11 is 0. The quantitative estimate of drug-likeness (QED) is 0.639. The molecule has 0 aliphatic carbocycles. The molecule has 1 rings (SSSR count). The van der Waals surface area contributed by atoms with Crippen LogP contribution in [0, 0.1) is 13.8 Å². The maximum absolute atomic E-state index is 8.61. The van der Waals surface area contributed by atoms with Gasteiger partial charge in [0.25, 0.3) is 0 Å². The summed E-state index contributed by atoms with van der Waals surface area (Å²) in [6.07, 6.45) is 4.69. The number of hydrogen-bond acceptors (Lipinski definition) is 3. The lowest BCUT2D eigenvalue weighted by molar-refractivity contribution is 0.290. The number of rotatable bonds is 10. The van der Waals surface area contributed by atoms with Gasteiger partial charge in [0.05, 0.1) is 13.2 Å². The summed E-state index contributed by atoms with van der Waals surface area (Å²) in [5, 5.41) is 11.8. The average Bonchev–Trinajstić information content (AvgIpc) is 2.40. The van der Waals surface area contributed by atoms with Crippen molar-refractivity contribution in [3.05, 3.63) is 29.3 Å². The highest BCUT2D eigenvalue weighted by Gasteiger charge is 2.02. The number of para-hydroxylation sites is 1. The number of hydrogen-bond donors (Lipinski definition) is 2. The summed E-state index contributed by atoms with van der Waals surface area (Å²) in [6.45, 7) is 6.91. The fourth-order valence-electron chi connectivity index (χ4n) is 2.11. The molecular weight excluding hydrogens is 238 g/mol. The first kappa shape index (κ1) is 16.0. The van der Waals surface area contributed by atoms with Crippen molar-refractivity contribution in [2.24, 2.45) is 0 Å². The Morgan fingerprint density at radius 3 is 2.37 bits per heavy atom. The van der Waals surface area contributed by atoms with E-state index in [0.717, 1.165) is 25.3 Å². The van der Waals surface area contributed by atoms with Crippen molar-refractivity contribution in [2.75, 3.05) is 26.3 Å². The van der Waals surface area contributed by atoms with Crippen LogP contribution in [0.4, 0.5) is 0 Å². The van der Waals surface area contributed by atoms with E-state index >= 15 is 0 Å². The van der Waals surface area contributed by atoms with Crippen molar-refractivity contribution in [1.29, 1.82) is 0 Å². The highest BCUT2D eigenvalue weighted by atomic mass is 16.5. The van der Waals surface area contributed by atoms with Crippen LogP contribution in [0.1, 0.15) is 36.8 Å². The maximum Gasteiger partial charge on any atom is 0.125 e. The molecule has 19 heavy (non-hydrogen) atoms. The fraction of sp³-hybridized carbons (Fsp3) is 0.625. The first-order valence-corrected chi connectivity index (χ1v) is 7.26. The van der Waals surface area contributed by atoms with Crippen LogP contribution in [0.3, 0.4) is 0 Å². The number of nitrogens with one attached hydrogen (secondary N) is 1. The molecule has 1 aromatic rings. The van der Waals surface area contributed by atoms with E-state index in [1.807, 2.05) is 0 Å². The Kier molecular flexibility index (Phi) is 8.26. The molecule has 0 heterocycles. The SMILES string of the molecule is Cc1cccc(C)c1OCCCCCCNCCO. The number of unbranched alkanes of at least 4 members (excludes halogenated alkanes) is 3. The van der Waals surface area contributed by atoms with Gasteiger partial charge in [-0.1, -0.05) is 31.0 Å². The summed E-state index contributed by atoms with van der Waals surface area (Å²) in [7, 11) is 0. The Hall–Kier alpha value is -1.06. The van der Waals surface area contributed by atoms with Gasteiger partial charge in [0, 0.05) is 6.54 Å². The molecule has 108 valence electrons. The van der Waals surface area contributed by atoms with E-state index in [2.05, 4.69) is 37.4 Å². The van der Waals surface area contributed by atoms with E-state index in [1.165, 1.54) is 30.4 Å². The van der Waals surface area contributed by atoms with Gasteiger partial charge in [-0.25, -0.2) is 0 Å². The van der Waals surface area contributed by atoms with Gasteiger partial charge in [-0.15, -0.1) is 0 Å².